The van der Waals surface area contributed by atoms with Crippen LogP contribution >= 0.6 is 0 Å². The number of aromatic amines is 1. The summed E-state index contributed by atoms with van der Waals surface area (Å²) in [5.74, 6) is -2.26. The highest BCUT2D eigenvalue weighted by molar-refractivity contribution is 6.05. The standard InChI is InChI=1S/C19H18F2N6O2/c1-9(8-29-3)24-19(28)11-6-22-18-17(11)25-14(7-23-18)16-10-4-12(20)13(21)5-15(10)27(2)26-16/h4-7,9H,8H2,1-3H3,(H,22,23)(H,24,28). The Morgan fingerprint density at radius 2 is 2.10 bits per heavy atom. The van der Waals surface area contributed by atoms with E-state index in [-0.39, 0.29) is 11.9 Å². The molecule has 0 saturated carbocycles. The smallest absolute Gasteiger partial charge is 0.255 e. The molecule has 3 heterocycles. The first-order chi connectivity index (χ1) is 13.9. The van der Waals surface area contributed by atoms with Gasteiger partial charge in [0, 0.05) is 37.8 Å². The van der Waals surface area contributed by atoms with Gasteiger partial charge in [0.1, 0.15) is 16.9 Å². The number of rotatable bonds is 5. The minimum absolute atomic E-state index is 0.189. The number of ether oxygens (including phenoxy) is 1. The molecule has 1 aromatic carbocycles. The average molecular weight is 400 g/mol. The van der Waals surface area contributed by atoms with Crippen LogP contribution in [0.4, 0.5) is 8.78 Å². The summed E-state index contributed by atoms with van der Waals surface area (Å²) in [5.41, 5.74) is 2.20. The number of aryl methyl sites for hydroxylation is 1. The van der Waals surface area contributed by atoms with Crippen molar-refractivity contribution >= 4 is 28.0 Å². The predicted octanol–water partition coefficient (Wildman–Crippen LogP) is 2.55. The molecule has 29 heavy (non-hydrogen) atoms. The summed E-state index contributed by atoms with van der Waals surface area (Å²) in [4.78, 5) is 24.3. The second-order valence-electron chi connectivity index (χ2n) is 6.74. The topological polar surface area (TPSA) is 97.7 Å². The fourth-order valence-corrected chi connectivity index (χ4v) is 3.21. The first-order valence-corrected chi connectivity index (χ1v) is 8.85. The van der Waals surface area contributed by atoms with E-state index in [2.05, 4.69) is 25.4 Å². The number of amides is 1. The van der Waals surface area contributed by atoms with E-state index in [0.29, 0.717) is 45.6 Å². The van der Waals surface area contributed by atoms with Gasteiger partial charge < -0.3 is 15.0 Å². The van der Waals surface area contributed by atoms with E-state index < -0.39 is 11.6 Å². The predicted molar refractivity (Wildman–Crippen MR) is 102 cm³/mol. The van der Waals surface area contributed by atoms with Crippen molar-refractivity contribution in [2.45, 2.75) is 13.0 Å². The number of methoxy groups -OCH3 is 1. The quantitative estimate of drug-likeness (QED) is 0.537. The van der Waals surface area contributed by atoms with Crippen LogP contribution in [-0.2, 0) is 11.8 Å². The second-order valence-corrected chi connectivity index (χ2v) is 6.74. The number of hydrogen-bond donors (Lipinski definition) is 2. The lowest BCUT2D eigenvalue weighted by Crippen LogP contribution is -2.35. The van der Waals surface area contributed by atoms with E-state index in [9.17, 15) is 13.6 Å². The molecule has 0 spiro atoms. The molecule has 8 nitrogen and oxygen atoms in total. The Morgan fingerprint density at radius 1 is 1.34 bits per heavy atom. The Labute approximate surface area is 163 Å². The van der Waals surface area contributed by atoms with Crippen molar-refractivity contribution in [2.75, 3.05) is 13.7 Å². The van der Waals surface area contributed by atoms with E-state index in [1.165, 1.54) is 17.1 Å². The van der Waals surface area contributed by atoms with E-state index in [1.54, 1.807) is 14.2 Å². The molecule has 4 aromatic rings. The molecular formula is C19H18F2N6O2. The largest absolute Gasteiger partial charge is 0.383 e. The molecule has 2 N–H and O–H groups in total. The monoisotopic (exact) mass is 400 g/mol. The minimum atomic E-state index is -0.977. The lowest BCUT2D eigenvalue weighted by molar-refractivity contribution is 0.0907. The van der Waals surface area contributed by atoms with Crippen molar-refractivity contribution in [3.63, 3.8) is 0 Å². The number of nitrogens with zero attached hydrogens (tertiary/aromatic N) is 4. The van der Waals surface area contributed by atoms with Gasteiger partial charge in [0.15, 0.2) is 17.3 Å². The fourth-order valence-electron chi connectivity index (χ4n) is 3.21. The van der Waals surface area contributed by atoms with Crippen LogP contribution in [0, 0.1) is 11.6 Å². The van der Waals surface area contributed by atoms with E-state index >= 15 is 0 Å². The third-order valence-corrected chi connectivity index (χ3v) is 4.55. The van der Waals surface area contributed by atoms with Gasteiger partial charge in [-0.25, -0.2) is 18.7 Å². The van der Waals surface area contributed by atoms with Crippen LogP contribution in [0.1, 0.15) is 17.3 Å². The molecule has 1 amide bonds. The zero-order chi connectivity index (χ0) is 20.7. The number of aromatic nitrogens is 5. The minimum Gasteiger partial charge on any atom is -0.383 e. The third-order valence-electron chi connectivity index (χ3n) is 4.55. The zero-order valence-corrected chi connectivity index (χ0v) is 16.0. The molecule has 3 aromatic heterocycles. The number of H-pyrrole nitrogens is 1. The maximum Gasteiger partial charge on any atom is 0.255 e. The summed E-state index contributed by atoms with van der Waals surface area (Å²) in [5, 5.41) is 7.55. The Hall–Kier alpha value is -3.40. The number of fused-ring (bicyclic) bond motifs is 2. The maximum absolute atomic E-state index is 13.8. The first-order valence-electron chi connectivity index (χ1n) is 8.85. The Morgan fingerprint density at radius 3 is 2.86 bits per heavy atom. The number of nitrogens with one attached hydrogen (secondary N) is 2. The molecule has 0 radical (unpaired) electrons. The first kappa shape index (κ1) is 18.9. The number of carbonyl (C=O) groups is 1. The highest BCUT2D eigenvalue weighted by Crippen LogP contribution is 2.29. The second kappa shape index (κ2) is 7.21. The molecule has 1 unspecified atom stereocenters. The van der Waals surface area contributed by atoms with Crippen molar-refractivity contribution < 1.29 is 18.3 Å². The molecule has 1 atom stereocenters. The fraction of sp³-hybridized carbons (Fsp3) is 0.263. The number of benzene rings is 1. The third kappa shape index (κ3) is 3.31. The van der Waals surface area contributed by atoms with Crippen LogP contribution in [0.3, 0.4) is 0 Å². The Kier molecular flexibility index (Phi) is 4.71. The van der Waals surface area contributed by atoms with Gasteiger partial charge in [0.25, 0.3) is 5.91 Å². The van der Waals surface area contributed by atoms with Crippen molar-refractivity contribution in [3.05, 3.63) is 41.7 Å². The average Bonchev–Trinajstić information content (AvgIpc) is 3.23. The van der Waals surface area contributed by atoms with Gasteiger partial charge in [-0.05, 0) is 13.0 Å². The molecule has 0 bridgehead atoms. The van der Waals surface area contributed by atoms with Gasteiger partial charge >= 0.3 is 0 Å². The number of hydrogen-bond acceptors (Lipinski definition) is 5. The molecule has 4 rings (SSSR count). The molecule has 150 valence electrons. The number of carbonyl (C=O) groups excluding carboxylic acids is 1. The summed E-state index contributed by atoms with van der Waals surface area (Å²) in [7, 11) is 3.18. The molecule has 10 heteroatoms. The molecule has 0 fully saturated rings. The van der Waals surface area contributed by atoms with Gasteiger partial charge in [-0.3, -0.25) is 9.48 Å². The van der Waals surface area contributed by atoms with Crippen LogP contribution < -0.4 is 5.32 Å². The summed E-state index contributed by atoms with van der Waals surface area (Å²) in [6, 6.07) is 1.97. The summed E-state index contributed by atoms with van der Waals surface area (Å²) < 4.78 is 33.9. The van der Waals surface area contributed by atoms with E-state index in [4.69, 9.17) is 4.74 Å². The number of halogens is 2. The van der Waals surface area contributed by atoms with Crippen molar-refractivity contribution in [2.24, 2.45) is 7.05 Å². The highest BCUT2D eigenvalue weighted by atomic mass is 19.2. The normalized spacial score (nSPS) is 12.6. The Balaban J connectivity index is 1.80. The summed E-state index contributed by atoms with van der Waals surface area (Å²) in [6.45, 7) is 2.19. The van der Waals surface area contributed by atoms with Crippen molar-refractivity contribution in [3.8, 4) is 11.4 Å². The van der Waals surface area contributed by atoms with Crippen LogP contribution in [0.5, 0.6) is 0 Å². The lowest BCUT2D eigenvalue weighted by atomic mass is 10.1. The molecule has 0 aliphatic rings. The SMILES string of the molecule is COCC(C)NC(=O)c1c[nH]c2ncc(-c3nn(C)c4cc(F)c(F)cc34)nc12. The molecule has 0 saturated heterocycles. The van der Waals surface area contributed by atoms with E-state index in [0.717, 1.165) is 12.1 Å². The van der Waals surface area contributed by atoms with Crippen LogP contribution in [-0.4, -0.2) is 50.4 Å². The van der Waals surface area contributed by atoms with Gasteiger partial charge in [-0.15, -0.1) is 0 Å². The van der Waals surface area contributed by atoms with Gasteiger partial charge in [-0.2, -0.15) is 5.10 Å². The van der Waals surface area contributed by atoms with Crippen LogP contribution in [0.2, 0.25) is 0 Å². The van der Waals surface area contributed by atoms with E-state index in [1.807, 2.05) is 6.92 Å². The molecular weight excluding hydrogens is 382 g/mol. The summed E-state index contributed by atoms with van der Waals surface area (Å²) >= 11 is 0. The van der Waals surface area contributed by atoms with Crippen LogP contribution in [0.25, 0.3) is 33.5 Å². The van der Waals surface area contributed by atoms with Gasteiger partial charge in [0.2, 0.25) is 0 Å². The summed E-state index contributed by atoms with van der Waals surface area (Å²) in [6.07, 6.45) is 2.99. The van der Waals surface area contributed by atoms with Gasteiger partial charge in [-0.1, -0.05) is 0 Å². The van der Waals surface area contributed by atoms with Crippen molar-refractivity contribution in [1.29, 1.82) is 0 Å². The molecule has 0 aliphatic heterocycles. The maximum atomic E-state index is 13.8. The lowest BCUT2D eigenvalue weighted by Gasteiger charge is -2.11. The molecule has 0 aliphatic carbocycles. The van der Waals surface area contributed by atoms with Crippen LogP contribution in [0.15, 0.2) is 24.5 Å². The van der Waals surface area contributed by atoms with Crippen molar-refractivity contribution in [1.82, 2.24) is 30.0 Å². The zero-order valence-electron chi connectivity index (χ0n) is 16.0. The Bertz CT molecular complexity index is 1230. The van der Waals surface area contributed by atoms with Gasteiger partial charge in [0.05, 0.1) is 23.9 Å². The highest BCUT2D eigenvalue weighted by Gasteiger charge is 2.20.